The Bertz CT molecular complexity index is 1020. The van der Waals surface area contributed by atoms with E-state index in [1.54, 1.807) is 12.1 Å². The van der Waals surface area contributed by atoms with Gasteiger partial charge in [-0.15, -0.1) is 0 Å². The van der Waals surface area contributed by atoms with Crippen LogP contribution in [-0.4, -0.2) is 27.6 Å². The Morgan fingerprint density at radius 2 is 1.91 bits per heavy atom. The molecule has 0 saturated heterocycles. The molecule has 7 heteroatoms. The predicted molar refractivity (Wildman–Crippen MR) is 84.4 cm³/mol. The molecule has 116 valence electrons. The van der Waals surface area contributed by atoms with Crippen LogP contribution in [0.3, 0.4) is 0 Å². The van der Waals surface area contributed by atoms with Crippen molar-refractivity contribution in [1.29, 1.82) is 0 Å². The van der Waals surface area contributed by atoms with Gasteiger partial charge in [0.2, 0.25) is 0 Å². The van der Waals surface area contributed by atoms with E-state index >= 15 is 0 Å². The van der Waals surface area contributed by atoms with Crippen molar-refractivity contribution in [3.8, 4) is 11.1 Å². The van der Waals surface area contributed by atoms with E-state index in [9.17, 15) is 14.4 Å². The molecule has 0 atom stereocenters. The van der Waals surface area contributed by atoms with E-state index in [1.807, 2.05) is 18.2 Å². The number of hydrogen-bond donors (Lipinski definition) is 1. The first-order chi connectivity index (χ1) is 11.0. The second-order valence-corrected chi connectivity index (χ2v) is 4.93. The quantitative estimate of drug-likeness (QED) is 0.715. The summed E-state index contributed by atoms with van der Waals surface area (Å²) in [6.07, 6.45) is 0. The van der Waals surface area contributed by atoms with Gasteiger partial charge in [0.1, 0.15) is 0 Å². The second kappa shape index (κ2) is 5.53. The molecule has 0 fully saturated rings. The van der Waals surface area contributed by atoms with Crippen molar-refractivity contribution in [3.05, 3.63) is 62.9 Å². The first-order valence-electron chi connectivity index (χ1n) is 6.80. The Hall–Kier alpha value is -3.22. The van der Waals surface area contributed by atoms with E-state index in [-0.39, 0.29) is 16.7 Å². The minimum Gasteiger partial charge on any atom is -0.464 e. The van der Waals surface area contributed by atoms with Crippen molar-refractivity contribution in [2.75, 3.05) is 7.11 Å². The highest BCUT2D eigenvalue weighted by molar-refractivity contribution is 5.98. The number of esters is 1. The van der Waals surface area contributed by atoms with Gasteiger partial charge >= 0.3 is 11.7 Å². The molecule has 2 aromatic heterocycles. The summed E-state index contributed by atoms with van der Waals surface area (Å²) in [7, 11) is 2.72. The van der Waals surface area contributed by atoms with E-state index in [2.05, 4.69) is 9.97 Å². The summed E-state index contributed by atoms with van der Waals surface area (Å²) < 4.78 is 5.89. The number of methoxy groups -OCH3 is 1. The number of nitrogens with zero attached hydrogens (tertiary/aromatic N) is 2. The lowest BCUT2D eigenvalue weighted by Gasteiger charge is -2.10. The third-order valence-corrected chi connectivity index (χ3v) is 3.55. The Labute approximate surface area is 130 Å². The third-order valence-electron chi connectivity index (χ3n) is 3.55. The van der Waals surface area contributed by atoms with Crippen LogP contribution in [0.5, 0.6) is 0 Å². The number of H-pyrrole nitrogens is 1. The highest BCUT2D eigenvalue weighted by atomic mass is 16.5. The van der Waals surface area contributed by atoms with Crippen molar-refractivity contribution in [1.82, 2.24) is 14.5 Å². The number of aryl methyl sites for hydroxylation is 1. The van der Waals surface area contributed by atoms with Crippen LogP contribution in [-0.2, 0) is 11.8 Å². The summed E-state index contributed by atoms with van der Waals surface area (Å²) in [5, 5.41) is 0.242. The zero-order valence-electron chi connectivity index (χ0n) is 12.5. The minimum absolute atomic E-state index is 0.0273. The number of ether oxygens (including phenoxy) is 1. The maximum absolute atomic E-state index is 12.3. The Kier molecular flexibility index (Phi) is 3.53. The summed E-state index contributed by atoms with van der Waals surface area (Å²) in [6, 6.07) is 10.6. The summed E-state index contributed by atoms with van der Waals surface area (Å²) in [4.78, 5) is 42.3. The monoisotopic (exact) mass is 311 g/mol. The number of hydrogen-bond acceptors (Lipinski definition) is 5. The average Bonchev–Trinajstić information content (AvgIpc) is 2.58. The number of carbonyl (C=O) groups is 1. The van der Waals surface area contributed by atoms with Crippen LogP contribution in [0.25, 0.3) is 22.2 Å². The van der Waals surface area contributed by atoms with E-state index in [4.69, 9.17) is 4.74 Å². The summed E-state index contributed by atoms with van der Waals surface area (Å²) in [5.41, 5.74) is 0.240. The molecule has 0 amide bonds. The summed E-state index contributed by atoms with van der Waals surface area (Å²) in [5.74, 6) is -0.642. The van der Waals surface area contributed by atoms with E-state index < -0.39 is 17.2 Å². The molecule has 2 heterocycles. The number of rotatable bonds is 2. The summed E-state index contributed by atoms with van der Waals surface area (Å²) >= 11 is 0. The lowest BCUT2D eigenvalue weighted by molar-refractivity contribution is 0.0594. The molecule has 0 aliphatic carbocycles. The highest BCUT2D eigenvalue weighted by Crippen LogP contribution is 2.25. The first-order valence-corrected chi connectivity index (χ1v) is 6.80. The molecule has 23 heavy (non-hydrogen) atoms. The number of aromatic amines is 1. The van der Waals surface area contributed by atoms with Gasteiger partial charge in [0.05, 0.1) is 12.5 Å². The molecule has 0 saturated carbocycles. The number of pyridine rings is 1. The van der Waals surface area contributed by atoms with Gasteiger partial charge in [-0.3, -0.25) is 14.3 Å². The number of carbonyl (C=O) groups excluding carboxylic acids is 1. The maximum Gasteiger partial charge on any atom is 0.356 e. The van der Waals surface area contributed by atoms with Gasteiger partial charge in [0, 0.05) is 12.6 Å². The van der Waals surface area contributed by atoms with E-state index in [1.165, 1.54) is 24.8 Å². The number of nitrogens with one attached hydrogen (secondary N) is 1. The van der Waals surface area contributed by atoms with Gasteiger partial charge in [-0.05, 0) is 11.6 Å². The molecule has 0 spiro atoms. The van der Waals surface area contributed by atoms with Crippen LogP contribution in [0, 0.1) is 0 Å². The fraction of sp³-hybridized carbons (Fsp3) is 0.125. The number of aromatic nitrogens is 3. The summed E-state index contributed by atoms with van der Waals surface area (Å²) in [6.45, 7) is 0. The van der Waals surface area contributed by atoms with Crippen LogP contribution in [0.1, 0.15) is 10.5 Å². The standard InChI is InChI=1S/C16H13N3O4/c1-19-13-12(14(20)18-16(19)22)10(9-6-4-3-5-7-9)8-11(17-13)15(21)23-2/h3-8H,1-2H3,(H,18,20,22). The van der Waals surface area contributed by atoms with Crippen molar-refractivity contribution in [3.63, 3.8) is 0 Å². The van der Waals surface area contributed by atoms with Crippen LogP contribution < -0.4 is 11.2 Å². The molecule has 1 aromatic carbocycles. The van der Waals surface area contributed by atoms with Gasteiger partial charge in [-0.2, -0.15) is 0 Å². The lowest BCUT2D eigenvalue weighted by Crippen LogP contribution is -2.29. The molecule has 0 aliphatic heterocycles. The fourth-order valence-electron chi connectivity index (χ4n) is 2.39. The Balaban J connectivity index is 2.51. The van der Waals surface area contributed by atoms with Crippen molar-refractivity contribution in [2.45, 2.75) is 0 Å². The Morgan fingerprint density at radius 1 is 1.22 bits per heavy atom. The SMILES string of the molecule is COC(=O)c1cc(-c2ccccc2)c2c(=O)[nH]c(=O)n(C)c2n1. The number of fused-ring (bicyclic) bond motifs is 1. The minimum atomic E-state index is -0.642. The second-order valence-electron chi connectivity index (χ2n) is 4.93. The molecular formula is C16H13N3O4. The van der Waals surface area contributed by atoms with Gasteiger partial charge in [-0.25, -0.2) is 14.6 Å². The van der Waals surface area contributed by atoms with Crippen LogP contribution >= 0.6 is 0 Å². The third kappa shape index (κ3) is 2.42. The Morgan fingerprint density at radius 3 is 2.57 bits per heavy atom. The molecule has 0 bridgehead atoms. The van der Waals surface area contributed by atoms with Crippen molar-refractivity contribution >= 4 is 17.0 Å². The van der Waals surface area contributed by atoms with Gasteiger partial charge in [0.25, 0.3) is 5.56 Å². The largest absolute Gasteiger partial charge is 0.464 e. The smallest absolute Gasteiger partial charge is 0.356 e. The lowest BCUT2D eigenvalue weighted by atomic mass is 10.0. The molecule has 1 N–H and O–H groups in total. The fourth-order valence-corrected chi connectivity index (χ4v) is 2.39. The average molecular weight is 311 g/mol. The normalized spacial score (nSPS) is 10.7. The topological polar surface area (TPSA) is 94.0 Å². The zero-order chi connectivity index (χ0) is 16.6. The number of benzene rings is 1. The van der Waals surface area contributed by atoms with Crippen LogP contribution in [0.15, 0.2) is 46.0 Å². The zero-order valence-corrected chi connectivity index (χ0v) is 12.5. The van der Waals surface area contributed by atoms with Crippen LogP contribution in [0.2, 0.25) is 0 Å². The van der Waals surface area contributed by atoms with E-state index in [0.29, 0.717) is 5.56 Å². The maximum atomic E-state index is 12.3. The van der Waals surface area contributed by atoms with Gasteiger partial charge in [0.15, 0.2) is 11.3 Å². The van der Waals surface area contributed by atoms with E-state index in [0.717, 1.165) is 5.56 Å². The van der Waals surface area contributed by atoms with Gasteiger partial charge < -0.3 is 4.74 Å². The van der Waals surface area contributed by atoms with Gasteiger partial charge in [-0.1, -0.05) is 30.3 Å². The molecule has 7 nitrogen and oxygen atoms in total. The molecule has 0 unspecified atom stereocenters. The molecule has 3 rings (SSSR count). The molecular weight excluding hydrogens is 298 g/mol. The first kappa shape index (κ1) is 14.7. The predicted octanol–water partition coefficient (Wildman–Crippen LogP) is 1.08. The highest BCUT2D eigenvalue weighted by Gasteiger charge is 2.18. The van der Waals surface area contributed by atoms with Crippen molar-refractivity contribution in [2.24, 2.45) is 7.05 Å². The molecule has 0 aliphatic rings. The van der Waals surface area contributed by atoms with Crippen LogP contribution in [0.4, 0.5) is 0 Å². The molecule has 3 aromatic rings. The molecule has 0 radical (unpaired) electrons. The van der Waals surface area contributed by atoms with Crippen molar-refractivity contribution < 1.29 is 9.53 Å².